The van der Waals surface area contributed by atoms with Gasteiger partial charge < -0.3 is 14.4 Å². The van der Waals surface area contributed by atoms with Gasteiger partial charge in [0.25, 0.3) is 0 Å². The molecule has 2 fully saturated rings. The van der Waals surface area contributed by atoms with Gasteiger partial charge in [0.15, 0.2) is 5.82 Å². The topological polar surface area (TPSA) is 103 Å². The minimum absolute atomic E-state index is 0.0650. The summed E-state index contributed by atoms with van der Waals surface area (Å²) in [5.41, 5.74) is 0. The molecule has 2 saturated heterocycles. The summed E-state index contributed by atoms with van der Waals surface area (Å²) in [6.07, 6.45) is 2.50. The van der Waals surface area contributed by atoms with E-state index in [1.165, 1.54) is 12.8 Å². The van der Waals surface area contributed by atoms with E-state index >= 15 is 0 Å². The predicted octanol–water partition coefficient (Wildman–Crippen LogP) is -0.550. The van der Waals surface area contributed by atoms with E-state index in [4.69, 9.17) is 9.47 Å². The molecule has 0 saturated carbocycles. The number of ether oxygens (including phenoxy) is 2. The van der Waals surface area contributed by atoms with E-state index in [1.54, 1.807) is 16.5 Å². The Balaban J connectivity index is 1.60. The van der Waals surface area contributed by atoms with Gasteiger partial charge in [-0.15, -0.1) is 5.10 Å². The molecule has 0 unspecified atom stereocenters. The van der Waals surface area contributed by atoms with Gasteiger partial charge in [-0.25, -0.2) is 4.68 Å². The van der Waals surface area contributed by atoms with Crippen molar-refractivity contribution in [3.63, 3.8) is 0 Å². The summed E-state index contributed by atoms with van der Waals surface area (Å²) in [6, 6.07) is -0.311. The molecule has 2 aliphatic heterocycles. The first-order valence-electron chi connectivity index (χ1n) is 9.17. The van der Waals surface area contributed by atoms with Crippen LogP contribution in [0.4, 0.5) is 0 Å². The van der Waals surface area contributed by atoms with Gasteiger partial charge in [-0.05, 0) is 43.3 Å². The Morgan fingerprint density at radius 2 is 2.08 bits per heavy atom. The first kappa shape index (κ1) is 18.7. The van der Waals surface area contributed by atoms with Crippen molar-refractivity contribution in [2.75, 3.05) is 39.5 Å². The van der Waals surface area contributed by atoms with Gasteiger partial charge in [0.05, 0.1) is 38.8 Å². The van der Waals surface area contributed by atoms with Crippen LogP contribution in [0.25, 0.3) is 0 Å². The van der Waals surface area contributed by atoms with Crippen LogP contribution in [0.1, 0.15) is 32.0 Å². The molecule has 144 valence electrons. The van der Waals surface area contributed by atoms with Crippen LogP contribution in [0, 0.1) is 0 Å². The largest absolute Gasteiger partial charge is 0.466 e. The Labute approximate surface area is 152 Å². The fraction of sp³-hybridized carbons (Fsp3) is 0.812. The highest BCUT2D eigenvalue weighted by Crippen LogP contribution is 2.14. The summed E-state index contributed by atoms with van der Waals surface area (Å²) < 4.78 is 12.0. The molecule has 3 heterocycles. The van der Waals surface area contributed by atoms with Crippen molar-refractivity contribution in [2.24, 2.45) is 0 Å². The Hall–Kier alpha value is -2.07. The average Bonchev–Trinajstić information content (AvgIpc) is 3.28. The van der Waals surface area contributed by atoms with Crippen LogP contribution < -0.4 is 0 Å². The van der Waals surface area contributed by atoms with Crippen LogP contribution in [0.5, 0.6) is 0 Å². The normalized spacial score (nSPS) is 21.1. The molecule has 0 N–H and O–H groups in total. The number of hydrogen-bond acceptors (Lipinski definition) is 8. The van der Waals surface area contributed by atoms with Crippen molar-refractivity contribution in [3.8, 4) is 0 Å². The highest BCUT2D eigenvalue weighted by Gasteiger charge is 2.30. The third kappa shape index (κ3) is 4.76. The van der Waals surface area contributed by atoms with Crippen LogP contribution in [-0.4, -0.2) is 87.4 Å². The SMILES string of the molecule is CCOC(=O)C[C@@H]1COCCN1C(=O)Cn1nnnc1CN1CCCC1. The van der Waals surface area contributed by atoms with E-state index in [1.807, 2.05) is 0 Å². The minimum atomic E-state index is -0.321. The zero-order valence-corrected chi connectivity index (χ0v) is 15.2. The Kier molecular flexibility index (Phi) is 6.51. The van der Waals surface area contributed by atoms with E-state index in [2.05, 4.69) is 20.4 Å². The first-order valence-corrected chi connectivity index (χ1v) is 9.17. The lowest BCUT2D eigenvalue weighted by molar-refractivity contribution is -0.150. The molecule has 0 bridgehead atoms. The van der Waals surface area contributed by atoms with Crippen molar-refractivity contribution in [2.45, 2.75) is 45.3 Å². The highest BCUT2D eigenvalue weighted by molar-refractivity contribution is 5.78. The maximum atomic E-state index is 12.8. The Morgan fingerprint density at radius 1 is 1.27 bits per heavy atom. The molecular formula is C16H26N6O4. The molecule has 0 radical (unpaired) electrons. The maximum absolute atomic E-state index is 12.8. The molecular weight excluding hydrogens is 340 g/mol. The summed E-state index contributed by atoms with van der Waals surface area (Å²) in [5, 5.41) is 11.7. The summed E-state index contributed by atoms with van der Waals surface area (Å²) in [7, 11) is 0. The quantitative estimate of drug-likeness (QED) is 0.592. The summed E-state index contributed by atoms with van der Waals surface area (Å²) >= 11 is 0. The molecule has 0 aromatic carbocycles. The minimum Gasteiger partial charge on any atom is -0.466 e. The zero-order valence-electron chi connectivity index (χ0n) is 15.2. The second-order valence-electron chi connectivity index (χ2n) is 6.56. The van der Waals surface area contributed by atoms with Crippen LogP contribution >= 0.6 is 0 Å². The molecule has 10 heteroatoms. The van der Waals surface area contributed by atoms with Crippen LogP contribution in [0.2, 0.25) is 0 Å². The van der Waals surface area contributed by atoms with Gasteiger partial charge in [-0.3, -0.25) is 14.5 Å². The summed E-state index contributed by atoms with van der Waals surface area (Å²) in [4.78, 5) is 28.5. The smallest absolute Gasteiger partial charge is 0.307 e. The van der Waals surface area contributed by atoms with Gasteiger partial charge in [0.2, 0.25) is 5.91 Å². The number of likely N-dealkylation sites (tertiary alicyclic amines) is 1. The van der Waals surface area contributed by atoms with Crippen LogP contribution in [0.3, 0.4) is 0 Å². The molecule has 2 aliphatic rings. The molecule has 1 aromatic rings. The van der Waals surface area contributed by atoms with Crippen molar-refractivity contribution < 1.29 is 19.1 Å². The monoisotopic (exact) mass is 366 g/mol. The Bertz CT molecular complexity index is 616. The number of aromatic nitrogens is 4. The summed E-state index contributed by atoms with van der Waals surface area (Å²) in [5.74, 6) is 0.256. The van der Waals surface area contributed by atoms with E-state index in [-0.39, 0.29) is 30.9 Å². The molecule has 0 aliphatic carbocycles. The molecule has 1 amide bonds. The molecule has 1 aromatic heterocycles. The average molecular weight is 366 g/mol. The van der Waals surface area contributed by atoms with Crippen molar-refractivity contribution in [3.05, 3.63) is 5.82 Å². The van der Waals surface area contributed by atoms with Gasteiger partial charge >= 0.3 is 5.97 Å². The van der Waals surface area contributed by atoms with Crippen LogP contribution in [-0.2, 0) is 32.2 Å². The number of amides is 1. The van der Waals surface area contributed by atoms with Gasteiger partial charge in [-0.1, -0.05) is 0 Å². The second kappa shape index (κ2) is 9.04. The molecule has 0 spiro atoms. The molecule has 10 nitrogen and oxygen atoms in total. The van der Waals surface area contributed by atoms with E-state index in [0.717, 1.165) is 13.1 Å². The summed E-state index contributed by atoms with van der Waals surface area (Å²) in [6.45, 7) is 6.11. The lowest BCUT2D eigenvalue weighted by Gasteiger charge is -2.35. The molecule has 3 rings (SSSR count). The first-order chi connectivity index (χ1) is 12.7. The van der Waals surface area contributed by atoms with Gasteiger partial charge in [0.1, 0.15) is 6.54 Å². The fourth-order valence-corrected chi connectivity index (χ4v) is 3.38. The molecule has 26 heavy (non-hydrogen) atoms. The van der Waals surface area contributed by atoms with E-state index in [0.29, 0.717) is 38.7 Å². The van der Waals surface area contributed by atoms with Crippen molar-refractivity contribution in [1.82, 2.24) is 30.0 Å². The number of rotatable bonds is 7. The zero-order chi connectivity index (χ0) is 18.4. The third-order valence-corrected chi connectivity index (χ3v) is 4.71. The number of tetrazole rings is 1. The van der Waals surface area contributed by atoms with Crippen LogP contribution in [0.15, 0.2) is 0 Å². The number of esters is 1. The number of carbonyl (C=O) groups is 2. The van der Waals surface area contributed by atoms with E-state index < -0.39 is 0 Å². The standard InChI is InChI=1S/C16H26N6O4/c1-2-26-16(24)9-13-12-25-8-7-21(13)15(23)11-22-14(17-18-19-22)10-20-5-3-4-6-20/h13H,2-12H2,1H3/t13-/m1/s1. The number of carbonyl (C=O) groups excluding carboxylic acids is 2. The number of hydrogen-bond donors (Lipinski definition) is 0. The van der Waals surface area contributed by atoms with Gasteiger partial charge in [-0.2, -0.15) is 0 Å². The Morgan fingerprint density at radius 3 is 2.85 bits per heavy atom. The maximum Gasteiger partial charge on any atom is 0.307 e. The predicted molar refractivity (Wildman–Crippen MR) is 89.9 cm³/mol. The lowest BCUT2D eigenvalue weighted by Crippen LogP contribution is -2.50. The lowest BCUT2D eigenvalue weighted by atomic mass is 10.1. The highest BCUT2D eigenvalue weighted by atomic mass is 16.5. The number of nitrogens with zero attached hydrogens (tertiary/aromatic N) is 6. The van der Waals surface area contributed by atoms with Crippen molar-refractivity contribution >= 4 is 11.9 Å². The third-order valence-electron chi connectivity index (χ3n) is 4.71. The molecule has 1 atom stereocenters. The number of morpholine rings is 1. The van der Waals surface area contributed by atoms with Crippen molar-refractivity contribution in [1.29, 1.82) is 0 Å². The fourth-order valence-electron chi connectivity index (χ4n) is 3.38. The van der Waals surface area contributed by atoms with Gasteiger partial charge in [0, 0.05) is 6.54 Å². The van der Waals surface area contributed by atoms with E-state index in [9.17, 15) is 9.59 Å². The second-order valence-corrected chi connectivity index (χ2v) is 6.56.